The summed E-state index contributed by atoms with van der Waals surface area (Å²) in [7, 11) is -1.40. The molecule has 1 unspecified atom stereocenters. The highest BCUT2D eigenvalue weighted by Gasteiger charge is 2.50. The number of amides is 1. The molecule has 1 saturated heterocycles. The lowest BCUT2D eigenvalue weighted by Crippen LogP contribution is -2.46. The maximum Gasteiger partial charge on any atom is 0.415 e. The third kappa shape index (κ3) is 5.89. The summed E-state index contributed by atoms with van der Waals surface area (Å²) in [6, 6.07) is 24.4. The van der Waals surface area contributed by atoms with Gasteiger partial charge in [0.2, 0.25) is 0 Å². The van der Waals surface area contributed by atoms with E-state index >= 15 is 0 Å². The molecule has 35 heavy (non-hydrogen) atoms. The first kappa shape index (κ1) is 25.3. The van der Waals surface area contributed by atoms with E-state index in [1.54, 1.807) is 17.0 Å². The maximum absolute atomic E-state index is 13.3. The molecule has 1 amide bonds. The van der Waals surface area contributed by atoms with Crippen molar-refractivity contribution in [3.63, 3.8) is 0 Å². The molecule has 0 aromatic heterocycles. The Balaban J connectivity index is 1.67. The molecule has 3 aromatic rings. The van der Waals surface area contributed by atoms with Crippen molar-refractivity contribution in [3.8, 4) is 11.5 Å². The van der Waals surface area contributed by atoms with Gasteiger partial charge in [-0.15, -0.1) is 0 Å². The largest absolute Gasteiger partial charge is 0.457 e. The quantitative estimate of drug-likeness (QED) is 0.307. The Morgan fingerprint density at radius 1 is 0.914 bits per heavy atom. The first-order valence-corrected chi connectivity index (χ1v) is 15.0. The fourth-order valence-electron chi connectivity index (χ4n) is 4.36. The number of hydrogen-bond acceptors (Lipinski definition) is 4. The molecule has 4 rings (SSSR count). The number of ether oxygens (including phenoxy) is 2. The van der Waals surface area contributed by atoms with Crippen LogP contribution in [0.2, 0.25) is 18.1 Å². The first-order valence-electron chi connectivity index (χ1n) is 11.9. The second-order valence-electron chi connectivity index (χ2n) is 10.1. The van der Waals surface area contributed by atoms with Gasteiger partial charge in [-0.25, -0.2) is 4.79 Å². The van der Waals surface area contributed by atoms with Crippen molar-refractivity contribution in [2.75, 3.05) is 4.90 Å². The van der Waals surface area contributed by atoms with E-state index in [0.717, 1.165) is 11.3 Å². The highest BCUT2D eigenvalue weighted by molar-refractivity contribution is 6.48. The van der Waals surface area contributed by atoms with Gasteiger partial charge in [0.05, 0.1) is 6.10 Å². The van der Waals surface area contributed by atoms with Crippen molar-refractivity contribution in [3.05, 3.63) is 89.4 Å². The molecule has 0 bridgehead atoms. The smallest absolute Gasteiger partial charge is 0.415 e. The highest BCUT2D eigenvalue weighted by atomic mass is 35.5. The SMILES string of the molecule is C[SiH](C)OC([C@@H]1OC(=O)N(c2ccc(Oc3ccc(Cl)cc3)cc2)[C@H]1c1ccccc1)C(C)(C)C. The lowest BCUT2D eigenvalue weighted by molar-refractivity contribution is -0.0261. The molecular formula is C28H32ClNO4Si. The number of carbonyl (C=O) groups is 1. The van der Waals surface area contributed by atoms with E-state index in [1.165, 1.54) is 0 Å². The molecule has 1 heterocycles. The molecule has 1 aliphatic heterocycles. The molecule has 0 radical (unpaired) electrons. The Labute approximate surface area is 214 Å². The Bertz CT molecular complexity index is 1130. The number of halogens is 1. The molecule has 184 valence electrons. The monoisotopic (exact) mass is 509 g/mol. The Morgan fingerprint density at radius 3 is 2.03 bits per heavy atom. The third-order valence-corrected chi connectivity index (χ3v) is 6.99. The van der Waals surface area contributed by atoms with Gasteiger partial charge in [0.25, 0.3) is 0 Å². The van der Waals surface area contributed by atoms with Gasteiger partial charge in [0.1, 0.15) is 17.5 Å². The summed E-state index contributed by atoms with van der Waals surface area (Å²) in [6.45, 7) is 10.7. The number of benzene rings is 3. The summed E-state index contributed by atoms with van der Waals surface area (Å²) >= 11 is 5.96. The van der Waals surface area contributed by atoms with Crippen LogP contribution in [-0.4, -0.2) is 27.3 Å². The topological polar surface area (TPSA) is 48.0 Å². The van der Waals surface area contributed by atoms with Crippen LogP contribution in [0.3, 0.4) is 0 Å². The molecule has 0 aliphatic carbocycles. The molecule has 0 spiro atoms. The molecule has 0 N–H and O–H groups in total. The normalized spacial score (nSPS) is 19.1. The van der Waals surface area contributed by atoms with Crippen LogP contribution in [0.4, 0.5) is 10.5 Å². The fraction of sp³-hybridized carbons (Fsp3) is 0.321. The zero-order valence-corrected chi connectivity index (χ0v) is 22.7. The van der Waals surface area contributed by atoms with Crippen molar-refractivity contribution in [2.24, 2.45) is 5.41 Å². The van der Waals surface area contributed by atoms with Gasteiger partial charge in [-0.2, -0.15) is 0 Å². The van der Waals surface area contributed by atoms with Gasteiger partial charge in [0.15, 0.2) is 15.1 Å². The summed E-state index contributed by atoms with van der Waals surface area (Å²) in [5, 5.41) is 0.652. The summed E-state index contributed by atoms with van der Waals surface area (Å²) in [6.07, 6.45) is -1.05. The van der Waals surface area contributed by atoms with Gasteiger partial charge in [-0.3, -0.25) is 4.90 Å². The molecule has 1 fully saturated rings. The van der Waals surface area contributed by atoms with Crippen LogP contribution in [0.5, 0.6) is 11.5 Å². The van der Waals surface area contributed by atoms with Crippen LogP contribution in [0, 0.1) is 5.41 Å². The molecular weight excluding hydrogens is 478 g/mol. The number of rotatable bonds is 7. The standard InChI is InChI=1S/C28H32ClNO4Si/c1-28(2,3)26(34-35(4)5)25-24(19-9-7-6-8-10-19)30(27(31)33-25)21-13-17-23(18-14-21)32-22-15-11-20(29)12-16-22/h6-18,24-26,35H,1-5H3/t24-,25+,26?/m0/s1. The van der Waals surface area contributed by atoms with Gasteiger partial charge in [-0.1, -0.05) is 62.7 Å². The van der Waals surface area contributed by atoms with E-state index in [9.17, 15) is 4.79 Å². The number of hydrogen-bond donors (Lipinski definition) is 0. The van der Waals surface area contributed by atoms with Crippen LogP contribution in [0.15, 0.2) is 78.9 Å². The van der Waals surface area contributed by atoms with Gasteiger partial charge < -0.3 is 13.9 Å². The number of cyclic esters (lactones) is 1. The van der Waals surface area contributed by atoms with Crippen molar-refractivity contribution in [1.82, 2.24) is 0 Å². The zero-order valence-electron chi connectivity index (χ0n) is 20.8. The number of nitrogens with zero attached hydrogens (tertiary/aromatic N) is 1. The van der Waals surface area contributed by atoms with E-state index in [-0.39, 0.29) is 23.7 Å². The Morgan fingerprint density at radius 2 is 1.49 bits per heavy atom. The lowest BCUT2D eigenvalue weighted by Gasteiger charge is -2.38. The van der Waals surface area contributed by atoms with Crippen molar-refractivity contribution < 1.29 is 18.7 Å². The van der Waals surface area contributed by atoms with E-state index in [1.807, 2.05) is 66.7 Å². The minimum atomic E-state index is -1.40. The average molecular weight is 510 g/mol. The van der Waals surface area contributed by atoms with Crippen LogP contribution in [-0.2, 0) is 9.16 Å². The van der Waals surface area contributed by atoms with Gasteiger partial charge >= 0.3 is 6.09 Å². The molecule has 3 atom stereocenters. The first-order chi connectivity index (χ1) is 16.6. The van der Waals surface area contributed by atoms with Crippen LogP contribution < -0.4 is 9.64 Å². The van der Waals surface area contributed by atoms with Crippen molar-refractivity contribution in [1.29, 1.82) is 0 Å². The van der Waals surface area contributed by atoms with E-state index < -0.39 is 15.1 Å². The molecule has 1 aliphatic rings. The minimum Gasteiger partial charge on any atom is -0.457 e. The van der Waals surface area contributed by atoms with Crippen molar-refractivity contribution >= 4 is 32.4 Å². The lowest BCUT2D eigenvalue weighted by atomic mass is 9.82. The minimum absolute atomic E-state index is 0.207. The second-order valence-corrected chi connectivity index (χ2v) is 12.9. The third-order valence-electron chi connectivity index (χ3n) is 5.90. The Kier molecular flexibility index (Phi) is 7.55. The zero-order chi connectivity index (χ0) is 25.2. The van der Waals surface area contributed by atoms with Crippen LogP contribution >= 0.6 is 11.6 Å². The number of anilines is 1. The van der Waals surface area contributed by atoms with E-state index in [0.29, 0.717) is 16.5 Å². The average Bonchev–Trinajstić information content (AvgIpc) is 3.16. The predicted octanol–water partition coefficient (Wildman–Crippen LogP) is 7.61. The summed E-state index contributed by atoms with van der Waals surface area (Å²) < 4.78 is 18.5. The van der Waals surface area contributed by atoms with Gasteiger partial charge in [-0.05, 0) is 72.6 Å². The molecule has 3 aromatic carbocycles. The Hall–Kier alpha value is -2.80. The second kappa shape index (κ2) is 10.4. The fourth-order valence-corrected chi connectivity index (χ4v) is 5.64. The predicted molar refractivity (Wildman–Crippen MR) is 143 cm³/mol. The highest BCUT2D eigenvalue weighted by Crippen LogP contribution is 2.43. The molecule has 7 heteroatoms. The van der Waals surface area contributed by atoms with Gasteiger partial charge in [0, 0.05) is 10.7 Å². The van der Waals surface area contributed by atoms with E-state index in [4.69, 9.17) is 25.5 Å². The summed E-state index contributed by atoms with van der Waals surface area (Å²) in [5.74, 6) is 1.35. The number of carbonyl (C=O) groups excluding carboxylic acids is 1. The summed E-state index contributed by atoms with van der Waals surface area (Å²) in [4.78, 5) is 15.0. The molecule has 0 saturated carbocycles. The van der Waals surface area contributed by atoms with E-state index in [2.05, 4.69) is 33.9 Å². The maximum atomic E-state index is 13.3. The molecule has 5 nitrogen and oxygen atoms in total. The van der Waals surface area contributed by atoms with Crippen LogP contribution in [0.25, 0.3) is 0 Å². The van der Waals surface area contributed by atoms with Crippen molar-refractivity contribution in [2.45, 2.75) is 52.1 Å². The summed E-state index contributed by atoms with van der Waals surface area (Å²) in [5.41, 5.74) is 1.54. The van der Waals surface area contributed by atoms with Crippen LogP contribution in [0.1, 0.15) is 32.4 Å².